The zero-order chi connectivity index (χ0) is 15.9. The number of fused-ring (bicyclic) bond motifs is 1. The van der Waals surface area contributed by atoms with Crippen LogP contribution in [-0.4, -0.2) is 17.2 Å². The average Bonchev–Trinajstić information content (AvgIpc) is 2.47. The average molecular weight is 317 g/mol. The Hall–Kier alpha value is -1.59. The summed E-state index contributed by atoms with van der Waals surface area (Å²) < 4.78 is 0. The summed E-state index contributed by atoms with van der Waals surface area (Å²) in [5.41, 5.74) is 16.0. The van der Waals surface area contributed by atoms with Crippen LogP contribution in [0.3, 0.4) is 0 Å². The number of rotatable bonds is 2. The summed E-state index contributed by atoms with van der Waals surface area (Å²) >= 11 is 6.16. The van der Waals surface area contributed by atoms with Gasteiger partial charge in [-0.05, 0) is 38.1 Å². The maximum Gasteiger partial charge on any atom is 0.141 e. The van der Waals surface area contributed by atoms with Gasteiger partial charge < -0.3 is 10.6 Å². The van der Waals surface area contributed by atoms with Crippen molar-refractivity contribution in [3.8, 4) is 0 Å². The molecule has 3 rings (SSSR count). The molecule has 1 aliphatic rings. The van der Waals surface area contributed by atoms with Gasteiger partial charge in [0.15, 0.2) is 0 Å². The summed E-state index contributed by atoms with van der Waals surface area (Å²) in [5.74, 6) is 0. The molecule has 2 aromatic carbocycles. The van der Waals surface area contributed by atoms with E-state index in [1.54, 1.807) is 0 Å². The molecule has 5 heteroatoms. The molecule has 1 heterocycles. The van der Waals surface area contributed by atoms with Gasteiger partial charge in [0.2, 0.25) is 0 Å². The Kier molecular flexibility index (Phi) is 4.10. The molecule has 22 heavy (non-hydrogen) atoms. The maximum atomic E-state index is 6.54. The molecule has 2 unspecified atom stereocenters. The van der Waals surface area contributed by atoms with Crippen molar-refractivity contribution in [2.45, 2.75) is 32.3 Å². The molecule has 4 N–H and O–H groups in total. The van der Waals surface area contributed by atoms with E-state index in [-0.39, 0.29) is 18.5 Å². The smallest absolute Gasteiger partial charge is 0.141 e. The van der Waals surface area contributed by atoms with Crippen LogP contribution >= 0.6 is 11.6 Å². The molecule has 0 aliphatic carbocycles. The van der Waals surface area contributed by atoms with E-state index in [9.17, 15) is 0 Å². The van der Waals surface area contributed by atoms with Crippen molar-refractivity contribution in [3.05, 3.63) is 59.1 Å². The van der Waals surface area contributed by atoms with Gasteiger partial charge in [-0.1, -0.05) is 35.9 Å². The van der Waals surface area contributed by atoms with Crippen LogP contribution < -0.4 is 16.4 Å². The fourth-order valence-corrected chi connectivity index (χ4v) is 3.29. The van der Waals surface area contributed by atoms with E-state index < -0.39 is 0 Å². The molecule has 0 aromatic heterocycles. The van der Waals surface area contributed by atoms with E-state index in [1.807, 2.05) is 42.5 Å². The van der Waals surface area contributed by atoms with Gasteiger partial charge in [-0.2, -0.15) is 0 Å². The van der Waals surface area contributed by atoms with Crippen LogP contribution in [0.4, 0.5) is 11.4 Å². The number of halogens is 1. The summed E-state index contributed by atoms with van der Waals surface area (Å²) in [6.45, 7) is 4.20. The zero-order valence-corrected chi connectivity index (χ0v) is 13.5. The minimum atomic E-state index is -0.344. The number of nitrogens with zero attached hydrogens (tertiary/aromatic N) is 2. The Balaban J connectivity index is 2.17. The molecule has 0 amide bonds. The van der Waals surface area contributed by atoms with Crippen molar-refractivity contribution in [3.63, 3.8) is 0 Å². The topological polar surface area (TPSA) is 58.5 Å². The molecule has 0 bridgehead atoms. The molecule has 116 valence electrons. The lowest BCUT2D eigenvalue weighted by molar-refractivity contribution is 0.0926. The summed E-state index contributed by atoms with van der Waals surface area (Å²) in [6.07, 6.45) is -0.565. The quantitative estimate of drug-likeness (QED) is 0.891. The molecule has 0 spiro atoms. The van der Waals surface area contributed by atoms with Crippen molar-refractivity contribution in [2.75, 3.05) is 4.90 Å². The third-order valence-electron chi connectivity index (χ3n) is 4.09. The normalized spacial score (nSPS) is 22.0. The van der Waals surface area contributed by atoms with E-state index in [2.05, 4.69) is 29.7 Å². The Morgan fingerprint density at radius 1 is 1.05 bits per heavy atom. The summed E-state index contributed by atoms with van der Waals surface area (Å²) in [5, 5.41) is 0.688. The molecule has 2 aromatic rings. The SMILES string of the molecule is CC(C)N1C(N)c2ccccc2N(c2cccc(Cl)c2)C1N. The van der Waals surface area contributed by atoms with E-state index in [4.69, 9.17) is 23.1 Å². The Bertz CT molecular complexity index is 673. The van der Waals surface area contributed by atoms with Crippen molar-refractivity contribution in [1.82, 2.24) is 4.90 Å². The van der Waals surface area contributed by atoms with Crippen molar-refractivity contribution in [2.24, 2.45) is 11.5 Å². The first-order chi connectivity index (χ1) is 10.5. The van der Waals surface area contributed by atoms with E-state index in [0.717, 1.165) is 16.9 Å². The van der Waals surface area contributed by atoms with E-state index >= 15 is 0 Å². The van der Waals surface area contributed by atoms with Gasteiger partial charge in [0.1, 0.15) is 6.29 Å². The third-order valence-corrected chi connectivity index (χ3v) is 4.32. The third kappa shape index (κ3) is 2.48. The lowest BCUT2D eigenvalue weighted by Gasteiger charge is -2.48. The second-order valence-corrected chi connectivity index (χ2v) is 6.24. The fourth-order valence-electron chi connectivity index (χ4n) is 3.10. The second-order valence-electron chi connectivity index (χ2n) is 5.81. The molecule has 1 aliphatic heterocycles. The van der Waals surface area contributed by atoms with Crippen molar-refractivity contribution in [1.29, 1.82) is 0 Å². The highest BCUT2D eigenvalue weighted by Crippen LogP contribution is 2.40. The predicted molar refractivity (Wildman–Crippen MR) is 91.9 cm³/mol. The Morgan fingerprint density at radius 3 is 2.45 bits per heavy atom. The van der Waals surface area contributed by atoms with Crippen LogP contribution in [0, 0.1) is 0 Å². The van der Waals surface area contributed by atoms with Gasteiger partial charge >= 0.3 is 0 Å². The summed E-state index contributed by atoms with van der Waals surface area (Å²) in [4.78, 5) is 4.19. The van der Waals surface area contributed by atoms with Crippen LogP contribution in [0.1, 0.15) is 25.6 Å². The van der Waals surface area contributed by atoms with Crippen LogP contribution in [0.15, 0.2) is 48.5 Å². The van der Waals surface area contributed by atoms with Gasteiger partial charge in [0, 0.05) is 28.0 Å². The molecule has 0 fully saturated rings. The highest BCUT2D eigenvalue weighted by Gasteiger charge is 2.37. The number of benzene rings is 2. The molecule has 0 saturated carbocycles. The lowest BCUT2D eigenvalue weighted by atomic mass is 10.0. The minimum absolute atomic E-state index is 0.221. The number of nitrogens with two attached hydrogens (primary N) is 2. The monoisotopic (exact) mass is 316 g/mol. The Labute approximate surface area is 136 Å². The summed E-state index contributed by atoms with van der Waals surface area (Å²) in [7, 11) is 0. The van der Waals surface area contributed by atoms with Crippen LogP contribution in [0.5, 0.6) is 0 Å². The van der Waals surface area contributed by atoms with E-state index in [0.29, 0.717) is 5.02 Å². The lowest BCUT2D eigenvalue weighted by Crippen LogP contribution is -2.61. The number of para-hydroxylation sites is 1. The van der Waals surface area contributed by atoms with Crippen LogP contribution in [-0.2, 0) is 0 Å². The highest BCUT2D eigenvalue weighted by atomic mass is 35.5. The number of hydrogen-bond acceptors (Lipinski definition) is 4. The van der Waals surface area contributed by atoms with Crippen LogP contribution in [0.2, 0.25) is 5.02 Å². The van der Waals surface area contributed by atoms with Gasteiger partial charge in [-0.15, -0.1) is 0 Å². The first kappa shape index (κ1) is 15.3. The largest absolute Gasteiger partial charge is 0.312 e. The van der Waals surface area contributed by atoms with Gasteiger partial charge in [-0.25, -0.2) is 4.90 Å². The summed E-state index contributed by atoms with van der Waals surface area (Å²) in [6, 6.07) is 16.1. The molecule has 4 nitrogen and oxygen atoms in total. The van der Waals surface area contributed by atoms with Crippen LogP contribution in [0.25, 0.3) is 0 Å². The fraction of sp³-hybridized carbons (Fsp3) is 0.294. The number of hydrogen-bond donors (Lipinski definition) is 2. The maximum absolute atomic E-state index is 6.54. The molecule has 0 radical (unpaired) electrons. The number of anilines is 2. The first-order valence-corrected chi connectivity index (χ1v) is 7.81. The van der Waals surface area contributed by atoms with E-state index in [1.165, 1.54) is 0 Å². The van der Waals surface area contributed by atoms with Gasteiger partial charge in [0.05, 0.1) is 6.17 Å². The minimum Gasteiger partial charge on any atom is -0.312 e. The standard InChI is InChI=1S/C17H21ClN4/c1-11(2)21-16(19)14-8-3-4-9-15(14)22(17(21)20)13-7-5-6-12(18)10-13/h3-11,16-17H,19-20H2,1-2H3. The molecular formula is C17H21ClN4. The first-order valence-electron chi connectivity index (χ1n) is 7.43. The van der Waals surface area contributed by atoms with Crippen molar-refractivity contribution < 1.29 is 0 Å². The van der Waals surface area contributed by atoms with Gasteiger partial charge in [0.25, 0.3) is 0 Å². The molecule has 0 saturated heterocycles. The molecular weight excluding hydrogens is 296 g/mol. The predicted octanol–water partition coefficient (Wildman–Crippen LogP) is 3.40. The second kappa shape index (κ2) is 5.89. The zero-order valence-electron chi connectivity index (χ0n) is 12.8. The molecule has 2 atom stereocenters. The Morgan fingerprint density at radius 2 is 1.77 bits per heavy atom. The van der Waals surface area contributed by atoms with Crippen molar-refractivity contribution >= 4 is 23.0 Å². The highest BCUT2D eigenvalue weighted by molar-refractivity contribution is 6.30. The van der Waals surface area contributed by atoms with Gasteiger partial charge in [-0.3, -0.25) is 5.73 Å².